The Morgan fingerprint density at radius 2 is 1.50 bits per heavy atom. The summed E-state index contributed by atoms with van der Waals surface area (Å²) in [6.07, 6.45) is -7.04. The summed E-state index contributed by atoms with van der Waals surface area (Å²) in [6.45, 7) is -0.526. The molecule has 1 unspecified atom stereocenters. The van der Waals surface area contributed by atoms with E-state index in [1.807, 2.05) is 0 Å². The zero-order valence-corrected chi connectivity index (χ0v) is 6.24. The Morgan fingerprint density at radius 3 is 2.00 bits per heavy atom. The molecule has 0 radical (unpaired) electrons. The van der Waals surface area contributed by atoms with Crippen LogP contribution in [0.15, 0.2) is 0 Å². The Labute approximate surface area is 68.6 Å². The van der Waals surface area contributed by atoms with E-state index < -0.39 is 37.3 Å². The molecular weight excluding hydrogens is 174 g/mol. The summed E-state index contributed by atoms with van der Waals surface area (Å²) in [5.41, 5.74) is 0. The second kappa shape index (κ2) is 3.65. The van der Waals surface area contributed by atoms with Crippen molar-refractivity contribution in [3.05, 3.63) is 0 Å². The zero-order valence-electron chi connectivity index (χ0n) is 6.24. The van der Waals surface area contributed by atoms with Gasteiger partial charge in [-0.1, -0.05) is 0 Å². The topological polar surface area (TPSA) is 110 Å². The highest BCUT2D eigenvalue weighted by Gasteiger charge is 2.42. The normalized spacial score (nSPS) is 49.2. The Hall–Kier alpha value is -0.240. The lowest BCUT2D eigenvalue weighted by Crippen LogP contribution is -2.58. The van der Waals surface area contributed by atoms with E-state index in [2.05, 4.69) is 4.74 Å². The summed E-state index contributed by atoms with van der Waals surface area (Å²) >= 11 is 0. The molecule has 1 fully saturated rings. The van der Waals surface area contributed by atoms with E-state index in [0.29, 0.717) is 0 Å². The molecule has 0 aromatic heterocycles. The molecule has 72 valence electrons. The zero-order chi connectivity index (χ0) is 9.30. The lowest BCUT2D eigenvalue weighted by Gasteiger charge is -2.37. The lowest BCUT2D eigenvalue weighted by atomic mass is 10.9. The predicted molar refractivity (Wildman–Crippen MR) is 36.0 cm³/mol. The van der Waals surface area contributed by atoms with Gasteiger partial charge in [-0.05, 0) is 0 Å². The summed E-state index contributed by atoms with van der Waals surface area (Å²) in [4.78, 5) is 0. The Kier molecular flexibility index (Phi) is 2.99. The molecule has 6 heteroatoms. The van der Waals surface area contributed by atoms with Gasteiger partial charge in [-0.25, -0.2) is 0 Å². The van der Waals surface area contributed by atoms with E-state index in [0.717, 1.165) is 0 Å². The maximum Gasteiger partial charge on any atom is 0.184 e. The van der Waals surface area contributed by atoms with E-state index in [4.69, 9.17) is 25.5 Å². The number of hydrogen-bond acceptors (Lipinski definition) is 6. The van der Waals surface area contributed by atoms with Crippen molar-refractivity contribution >= 4 is 0 Å². The fourth-order valence-electron chi connectivity index (χ4n) is 1.08. The van der Waals surface area contributed by atoms with Crippen molar-refractivity contribution in [3.8, 4) is 0 Å². The van der Waals surface area contributed by atoms with Gasteiger partial charge in [0.1, 0.15) is 24.4 Å². The van der Waals surface area contributed by atoms with Gasteiger partial charge in [-0.15, -0.1) is 0 Å². The van der Waals surface area contributed by atoms with Gasteiger partial charge in [0.25, 0.3) is 0 Å². The molecule has 5 atom stereocenters. The third-order valence-electron chi connectivity index (χ3n) is 1.87. The van der Waals surface area contributed by atoms with Gasteiger partial charge in [0.15, 0.2) is 6.29 Å². The predicted octanol–water partition coefficient (Wildman–Crippen LogP) is -3.22. The summed E-state index contributed by atoms with van der Waals surface area (Å²) in [6, 6.07) is 0. The van der Waals surface area contributed by atoms with Crippen molar-refractivity contribution in [2.45, 2.75) is 30.7 Å². The third kappa shape index (κ3) is 1.58. The minimum absolute atomic E-state index is 0.526. The maximum atomic E-state index is 9.12. The Morgan fingerprint density at radius 1 is 0.917 bits per heavy atom. The monoisotopic (exact) mass is 186 g/mol. The van der Waals surface area contributed by atoms with Crippen LogP contribution < -0.4 is 0 Å². The van der Waals surface area contributed by atoms with Crippen molar-refractivity contribution in [1.29, 1.82) is 0 Å². The maximum absolute atomic E-state index is 9.12. The molecular formula is C6H12O6. The minimum Gasteiger partial charge on any atom is -0.394 e. The molecule has 0 aromatic carbocycles. The van der Waals surface area contributed by atoms with Crippen LogP contribution in [0.1, 0.15) is 0 Å². The lowest BCUT2D eigenvalue weighted by molar-refractivity contribution is -0.286. The number of aliphatic hydroxyl groups is 5. The molecule has 5 N–H and O–H groups in total. The van der Waals surface area contributed by atoms with Crippen LogP contribution in [0.2, 0.25) is 0 Å². The first-order valence-electron chi connectivity index (χ1n) is 3.56. The fraction of sp³-hybridized carbons (Fsp3) is 1.00. The van der Waals surface area contributed by atoms with E-state index in [9.17, 15) is 0 Å². The highest BCUT2D eigenvalue weighted by molar-refractivity contribution is 4.87. The standard InChI is InChI=1S/C6H12O6/c7-1-2-3(8)4(9)5(10)6(11)12-2/h2-11H,1H2/t2-,3+,4+,5-,6?/m1/s1/i1+1,2+1,3+1,4+1,5+1,6+1. The van der Waals surface area contributed by atoms with Crippen LogP contribution in [0.5, 0.6) is 0 Å². The number of rotatable bonds is 1. The van der Waals surface area contributed by atoms with Gasteiger partial charge in [-0.2, -0.15) is 0 Å². The van der Waals surface area contributed by atoms with Crippen LogP contribution in [-0.4, -0.2) is 62.8 Å². The molecule has 1 saturated heterocycles. The number of aliphatic hydroxyl groups excluding tert-OH is 5. The van der Waals surface area contributed by atoms with Crippen LogP contribution in [0.4, 0.5) is 0 Å². The highest BCUT2D eigenvalue weighted by Crippen LogP contribution is 2.18. The average molecular weight is 186 g/mol. The molecule has 0 aromatic rings. The smallest absolute Gasteiger partial charge is 0.184 e. The number of hydrogen-bond donors (Lipinski definition) is 5. The molecule has 1 aliphatic rings. The molecule has 1 aliphatic heterocycles. The molecule has 0 saturated carbocycles. The molecule has 1 heterocycles. The van der Waals surface area contributed by atoms with Crippen LogP contribution in [0, 0.1) is 0 Å². The quantitative estimate of drug-likeness (QED) is 0.275. The van der Waals surface area contributed by atoms with Crippen LogP contribution in [-0.2, 0) is 4.74 Å². The van der Waals surface area contributed by atoms with E-state index in [1.54, 1.807) is 0 Å². The van der Waals surface area contributed by atoms with Crippen molar-refractivity contribution < 1.29 is 30.3 Å². The largest absolute Gasteiger partial charge is 0.394 e. The molecule has 1 rings (SSSR count). The molecule has 12 heavy (non-hydrogen) atoms. The van der Waals surface area contributed by atoms with E-state index in [1.165, 1.54) is 0 Å². The second-order valence-corrected chi connectivity index (χ2v) is 2.72. The first-order valence-corrected chi connectivity index (χ1v) is 3.56. The molecule has 0 amide bonds. The molecule has 0 bridgehead atoms. The SMILES string of the molecule is O[13CH2][13C@H]1O[13CH](O)[13C@H](O)[13C@@H](O)[13C@H]1O. The van der Waals surface area contributed by atoms with Crippen molar-refractivity contribution in [2.75, 3.05) is 6.61 Å². The number of ether oxygens (including phenoxy) is 1. The van der Waals surface area contributed by atoms with E-state index >= 15 is 0 Å². The van der Waals surface area contributed by atoms with Gasteiger partial charge in [0.05, 0.1) is 6.61 Å². The molecule has 0 spiro atoms. The minimum atomic E-state index is -1.57. The van der Waals surface area contributed by atoms with Crippen LogP contribution >= 0.6 is 0 Å². The van der Waals surface area contributed by atoms with Crippen LogP contribution in [0.3, 0.4) is 0 Å². The fourth-order valence-corrected chi connectivity index (χ4v) is 1.08. The van der Waals surface area contributed by atoms with Gasteiger partial charge < -0.3 is 30.3 Å². The van der Waals surface area contributed by atoms with Crippen molar-refractivity contribution in [2.24, 2.45) is 0 Å². The third-order valence-corrected chi connectivity index (χ3v) is 1.87. The van der Waals surface area contributed by atoms with Crippen molar-refractivity contribution in [1.82, 2.24) is 0 Å². The summed E-state index contributed by atoms with van der Waals surface area (Å²) in [7, 11) is 0. The summed E-state index contributed by atoms with van der Waals surface area (Å²) in [5, 5.41) is 44.7. The van der Waals surface area contributed by atoms with Crippen LogP contribution in [0.25, 0.3) is 0 Å². The Bertz CT molecular complexity index is 146. The van der Waals surface area contributed by atoms with Gasteiger partial charge >= 0.3 is 0 Å². The first-order chi connectivity index (χ1) is 5.57. The van der Waals surface area contributed by atoms with E-state index in [-0.39, 0.29) is 0 Å². The average Bonchev–Trinajstić information content (AvgIpc) is 2.08. The summed E-state index contributed by atoms with van der Waals surface area (Å²) in [5.74, 6) is 0. The van der Waals surface area contributed by atoms with Gasteiger partial charge in [0, 0.05) is 0 Å². The molecule has 0 aliphatic carbocycles. The first kappa shape index (κ1) is 9.85. The van der Waals surface area contributed by atoms with Gasteiger partial charge in [-0.3, -0.25) is 0 Å². The summed E-state index contributed by atoms with van der Waals surface area (Å²) < 4.78 is 4.58. The second-order valence-electron chi connectivity index (χ2n) is 2.72. The molecule has 6 nitrogen and oxygen atoms in total. The highest BCUT2D eigenvalue weighted by atomic mass is 16.8. The van der Waals surface area contributed by atoms with Gasteiger partial charge in [0.2, 0.25) is 0 Å². The van der Waals surface area contributed by atoms with Crippen molar-refractivity contribution in [3.63, 3.8) is 0 Å². The Balaban J connectivity index is 2.63.